The van der Waals surface area contributed by atoms with E-state index in [1.54, 1.807) is 25.1 Å². The van der Waals surface area contributed by atoms with Crippen molar-refractivity contribution in [3.05, 3.63) is 61.5 Å². The lowest BCUT2D eigenvalue weighted by Crippen LogP contribution is -2.18. The minimum atomic E-state index is -0.780. The zero-order valence-electron chi connectivity index (χ0n) is 14.2. The zero-order valence-corrected chi connectivity index (χ0v) is 18.0. The second-order valence-electron chi connectivity index (χ2n) is 6.67. The van der Waals surface area contributed by atoms with Gasteiger partial charge in [-0.3, -0.25) is 9.59 Å². The second kappa shape index (κ2) is 7.46. The molecule has 0 bridgehead atoms. The molecule has 3 rings (SSSR count). The number of anilines is 1. The van der Waals surface area contributed by atoms with Gasteiger partial charge in [-0.25, -0.2) is 0 Å². The minimum Gasteiger partial charge on any atom is -0.326 e. The average Bonchev–Trinajstić information content (AvgIpc) is 3.12. The maximum absolute atomic E-state index is 12.8. The van der Waals surface area contributed by atoms with E-state index < -0.39 is 10.8 Å². The van der Waals surface area contributed by atoms with Crippen LogP contribution in [-0.4, -0.2) is 16.6 Å². The lowest BCUT2D eigenvalue weighted by Gasteiger charge is -2.10. The van der Waals surface area contributed by atoms with Gasteiger partial charge in [0.2, 0.25) is 5.91 Å². The molecule has 1 fully saturated rings. The predicted molar refractivity (Wildman–Crippen MR) is 112 cm³/mol. The van der Waals surface area contributed by atoms with Gasteiger partial charge in [-0.2, -0.15) is 0 Å². The fourth-order valence-corrected chi connectivity index (χ4v) is 4.72. The maximum Gasteiger partial charge on any atom is 0.229 e. The van der Waals surface area contributed by atoms with E-state index in [1.807, 2.05) is 0 Å². The molecule has 27 heavy (non-hydrogen) atoms. The van der Waals surface area contributed by atoms with Crippen LogP contribution in [0.3, 0.4) is 0 Å². The van der Waals surface area contributed by atoms with Gasteiger partial charge < -0.3 is 5.32 Å². The third-order valence-electron chi connectivity index (χ3n) is 4.64. The van der Waals surface area contributed by atoms with Crippen LogP contribution in [0.15, 0.2) is 30.3 Å². The van der Waals surface area contributed by atoms with Crippen molar-refractivity contribution >= 4 is 75.4 Å². The number of alkyl halides is 1. The highest BCUT2D eigenvalue weighted by Crippen LogP contribution is 2.62. The fourth-order valence-electron chi connectivity index (χ4n) is 3.30. The second-order valence-corrected chi connectivity index (χ2v) is 9.15. The fraction of sp³-hybridized carbons (Fsp3) is 0.263. The molecule has 1 aliphatic carbocycles. The monoisotopic (exact) mass is 463 g/mol. The van der Waals surface area contributed by atoms with E-state index in [9.17, 15) is 9.59 Å². The number of amides is 1. The maximum atomic E-state index is 12.8. The Labute approximate surface area is 181 Å². The minimum absolute atomic E-state index is 0.155. The van der Waals surface area contributed by atoms with Gasteiger partial charge in [-0.1, -0.05) is 46.4 Å². The first kappa shape index (κ1) is 20.8. The number of hydrogen-bond acceptors (Lipinski definition) is 2. The van der Waals surface area contributed by atoms with Gasteiger partial charge in [0.25, 0.3) is 0 Å². The summed E-state index contributed by atoms with van der Waals surface area (Å²) in [7, 11) is 0. The molecule has 2 aromatic carbocycles. The van der Waals surface area contributed by atoms with Crippen LogP contribution in [0.4, 0.5) is 5.69 Å². The molecule has 3 atom stereocenters. The van der Waals surface area contributed by atoms with E-state index in [0.717, 1.165) is 5.56 Å². The summed E-state index contributed by atoms with van der Waals surface area (Å²) in [6.45, 7) is 3.16. The van der Waals surface area contributed by atoms with Crippen molar-refractivity contribution in [2.24, 2.45) is 5.92 Å². The molecular formula is C19H14Cl5NO2. The predicted octanol–water partition coefficient (Wildman–Crippen LogP) is 6.85. The van der Waals surface area contributed by atoms with Gasteiger partial charge >= 0.3 is 0 Å². The summed E-state index contributed by atoms with van der Waals surface area (Å²) in [6.07, 6.45) is 0. The number of carbonyl (C=O) groups is 2. The Morgan fingerprint density at radius 3 is 2.15 bits per heavy atom. The van der Waals surface area contributed by atoms with Crippen molar-refractivity contribution in [1.29, 1.82) is 0 Å². The number of halogens is 5. The van der Waals surface area contributed by atoms with Gasteiger partial charge in [-0.05, 0) is 49.7 Å². The van der Waals surface area contributed by atoms with Crippen molar-refractivity contribution in [2.45, 2.75) is 24.6 Å². The Bertz CT molecular complexity index is 937. The largest absolute Gasteiger partial charge is 0.326 e. The molecule has 0 heterocycles. The molecule has 0 spiro atoms. The molecule has 8 heteroatoms. The van der Waals surface area contributed by atoms with Crippen LogP contribution in [0, 0.1) is 5.92 Å². The molecule has 1 aliphatic rings. The molecular weight excluding hydrogens is 451 g/mol. The summed E-state index contributed by atoms with van der Waals surface area (Å²) in [6, 6.07) is 8.10. The van der Waals surface area contributed by atoms with Crippen LogP contribution in [-0.2, 0) is 4.79 Å². The zero-order chi connectivity index (χ0) is 20.1. The summed E-state index contributed by atoms with van der Waals surface area (Å²) in [5, 5.41) is 4.06. The topological polar surface area (TPSA) is 46.2 Å². The summed E-state index contributed by atoms with van der Waals surface area (Å²) in [5.41, 5.74) is 1.41. The normalized spacial score (nSPS) is 23.8. The SMILES string of the molecule is CC(=O)c1cc(NC(=O)C2C(c3cc(Cl)cc(Cl)c3)C2(C)Cl)cc(Cl)c1Cl. The van der Waals surface area contributed by atoms with Crippen LogP contribution in [0.5, 0.6) is 0 Å². The molecule has 1 saturated carbocycles. The number of rotatable bonds is 4. The van der Waals surface area contributed by atoms with Crippen molar-refractivity contribution in [3.63, 3.8) is 0 Å². The number of nitrogens with one attached hydrogen (secondary N) is 1. The van der Waals surface area contributed by atoms with Gasteiger partial charge in [0, 0.05) is 27.2 Å². The van der Waals surface area contributed by atoms with E-state index in [1.165, 1.54) is 19.1 Å². The number of benzene rings is 2. The van der Waals surface area contributed by atoms with Gasteiger partial charge in [0.05, 0.1) is 20.8 Å². The molecule has 1 N–H and O–H groups in total. The Balaban J connectivity index is 1.86. The van der Waals surface area contributed by atoms with Crippen molar-refractivity contribution < 1.29 is 9.59 Å². The molecule has 1 amide bonds. The van der Waals surface area contributed by atoms with Crippen LogP contribution >= 0.6 is 58.0 Å². The molecule has 0 saturated heterocycles. The first-order valence-corrected chi connectivity index (χ1v) is 9.87. The molecule has 3 unspecified atom stereocenters. The van der Waals surface area contributed by atoms with E-state index >= 15 is 0 Å². The Morgan fingerprint density at radius 1 is 1.00 bits per heavy atom. The number of carbonyl (C=O) groups excluding carboxylic acids is 2. The van der Waals surface area contributed by atoms with Gasteiger partial charge in [-0.15, -0.1) is 11.6 Å². The molecule has 0 aromatic heterocycles. The lowest BCUT2D eigenvalue weighted by atomic mass is 10.1. The van der Waals surface area contributed by atoms with Crippen molar-refractivity contribution in [3.8, 4) is 0 Å². The summed E-state index contributed by atoms with van der Waals surface area (Å²) < 4.78 is 0. The Hall–Kier alpha value is -0.970. The van der Waals surface area contributed by atoms with Crippen LogP contribution in [0.1, 0.15) is 35.7 Å². The quantitative estimate of drug-likeness (QED) is 0.396. The summed E-state index contributed by atoms with van der Waals surface area (Å²) in [5.74, 6) is -1.28. The number of hydrogen-bond donors (Lipinski definition) is 1. The van der Waals surface area contributed by atoms with E-state index in [2.05, 4.69) is 5.32 Å². The standard InChI is InChI=1S/C19H14Cl5NO2/c1-8(26)13-6-12(7-14(22)17(13)23)25-18(27)16-15(19(16,2)24)9-3-10(20)5-11(21)4-9/h3-7,15-16H,1-2H3,(H,25,27). The van der Waals surface area contributed by atoms with Crippen LogP contribution in [0.2, 0.25) is 20.1 Å². The smallest absolute Gasteiger partial charge is 0.229 e. The average molecular weight is 466 g/mol. The summed E-state index contributed by atoms with van der Waals surface area (Å²) >= 11 is 30.8. The van der Waals surface area contributed by atoms with Crippen LogP contribution < -0.4 is 5.32 Å². The van der Waals surface area contributed by atoms with Crippen molar-refractivity contribution in [2.75, 3.05) is 5.32 Å². The van der Waals surface area contributed by atoms with E-state index in [0.29, 0.717) is 15.7 Å². The number of ketones is 1. The molecule has 0 aliphatic heterocycles. The van der Waals surface area contributed by atoms with E-state index in [-0.39, 0.29) is 33.2 Å². The van der Waals surface area contributed by atoms with Crippen LogP contribution in [0.25, 0.3) is 0 Å². The molecule has 3 nitrogen and oxygen atoms in total. The van der Waals surface area contributed by atoms with Gasteiger partial charge in [0.15, 0.2) is 5.78 Å². The first-order valence-electron chi connectivity index (χ1n) is 7.98. The molecule has 142 valence electrons. The molecule has 2 aromatic rings. The molecule has 0 radical (unpaired) electrons. The van der Waals surface area contributed by atoms with Gasteiger partial charge in [0.1, 0.15) is 0 Å². The lowest BCUT2D eigenvalue weighted by molar-refractivity contribution is -0.117. The Morgan fingerprint density at radius 2 is 1.59 bits per heavy atom. The van der Waals surface area contributed by atoms with E-state index in [4.69, 9.17) is 58.0 Å². The number of Topliss-reactive ketones (excluding diaryl/α,β-unsaturated/α-hetero) is 1. The highest BCUT2D eigenvalue weighted by Gasteiger charge is 2.65. The highest BCUT2D eigenvalue weighted by molar-refractivity contribution is 6.44. The van der Waals surface area contributed by atoms with Crippen molar-refractivity contribution in [1.82, 2.24) is 0 Å². The third-order valence-corrected chi connectivity index (χ3v) is 6.35. The summed E-state index contributed by atoms with van der Waals surface area (Å²) in [4.78, 5) is 23.7. The highest BCUT2D eigenvalue weighted by atomic mass is 35.5. The Kier molecular flexibility index (Phi) is 5.73. The third kappa shape index (κ3) is 4.08. The first-order chi connectivity index (χ1) is 12.5.